The average Bonchev–Trinajstić information content (AvgIpc) is 3.18. The van der Waals surface area contributed by atoms with Gasteiger partial charge in [0.05, 0.1) is 18.4 Å². The van der Waals surface area contributed by atoms with Crippen molar-refractivity contribution in [3.05, 3.63) is 42.2 Å². The van der Waals surface area contributed by atoms with Gasteiger partial charge in [-0.1, -0.05) is 38.0 Å². The average molecular weight is 339 g/mol. The summed E-state index contributed by atoms with van der Waals surface area (Å²) in [5.41, 5.74) is 0.696. The summed E-state index contributed by atoms with van der Waals surface area (Å²) in [7, 11) is 0. The molecule has 2 aromatic rings. The fourth-order valence-electron chi connectivity index (χ4n) is 3.85. The second kappa shape index (κ2) is 5.98. The molecule has 2 unspecified atom stereocenters. The van der Waals surface area contributed by atoms with Crippen LogP contribution in [-0.4, -0.2) is 37.4 Å². The molecule has 1 N–H and O–H groups in total. The molecule has 2 heterocycles. The number of aromatic nitrogens is 3. The van der Waals surface area contributed by atoms with E-state index in [1.807, 2.05) is 37.3 Å². The van der Waals surface area contributed by atoms with E-state index in [0.717, 1.165) is 24.9 Å². The predicted octanol–water partition coefficient (Wildman–Crippen LogP) is 2.27. The Bertz CT molecular complexity index is 803. The summed E-state index contributed by atoms with van der Waals surface area (Å²) in [6.45, 7) is 2.19. The fourth-order valence-corrected chi connectivity index (χ4v) is 3.85. The SMILES string of the molecule is CC1CCCCC12NC(=O)N(Cc1cnn(-c3ccccc3)n1)C2=O. The van der Waals surface area contributed by atoms with Gasteiger partial charge in [-0.2, -0.15) is 15.0 Å². The number of para-hydroxylation sites is 1. The minimum Gasteiger partial charge on any atom is -0.323 e. The molecule has 2 atom stereocenters. The lowest BCUT2D eigenvalue weighted by Gasteiger charge is -2.36. The molecular formula is C18H21N5O2. The van der Waals surface area contributed by atoms with E-state index in [1.54, 1.807) is 6.20 Å². The molecule has 1 aromatic heterocycles. The summed E-state index contributed by atoms with van der Waals surface area (Å²) in [5, 5.41) is 11.6. The lowest BCUT2D eigenvalue weighted by Crippen LogP contribution is -2.53. The first-order valence-electron chi connectivity index (χ1n) is 8.71. The second-order valence-electron chi connectivity index (χ2n) is 6.90. The molecule has 0 bridgehead atoms. The van der Waals surface area contributed by atoms with Crippen LogP contribution in [0.2, 0.25) is 0 Å². The zero-order chi connectivity index (χ0) is 17.4. The van der Waals surface area contributed by atoms with Crippen molar-refractivity contribution in [3.8, 4) is 5.69 Å². The Morgan fingerprint density at radius 3 is 2.80 bits per heavy atom. The summed E-state index contributed by atoms with van der Waals surface area (Å²) in [6.07, 6.45) is 5.35. The Hall–Kier alpha value is -2.70. The van der Waals surface area contributed by atoms with Crippen LogP contribution < -0.4 is 5.32 Å². The first-order valence-corrected chi connectivity index (χ1v) is 8.71. The summed E-state index contributed by atoms with van der Waals surface area (Å²) in [6, 6.07) is 9.21. The van der Waals surface area contributed by atoms with Crippen molar-refractivity contribution < 1.29 is 9.59 Å². The number of urea groups is 1. The van der Waals surface area contributed by atoms with Gasteiger partial charge >= 0.3 is 6.03 Å². The molecule has 4 rings (SSSR count). The van der Waals surface area contributed by atoms with E-state index in [1.165, 1.54) is 9.70 Å². The third-order valence-corrected chi connectivity index (χ3v) is 5.35. The number of carbonyl (C=O) groups excluding carboxylic acids is 2. The quantitative estimate of drug-likeness (QED) is 0.870. The highest BCUT2D eigenvalue weighted by Gasteiger charge is 2.54. The number of rotatable bonds is 3. The van der Waals surface area contributed by atoms with Gasteiger partial charge in [0.1, 0.15) is 11.2 Å². The maximum atomic E-state index is 13.0. The van der Waals surface area contributed by atoms with Crippen LogP contribution in [0, 0.1) is 5.92 Å². The van der Waals surface area contributed by atoms with Crippen LogP contribution in [0.25, 0.3) is 5.69 Å². The molecule has 25 heavy (non-hydrogen) atoms. The van der Waals surface area contributed by atoms with Crippen LogP contribution in [0.4, 0.5) is 4.79 Å². The van der Waals surface area contributed by atoms with Crippen LogP contribution in [0.15, 0.2) is 36.5 Å². The number of hydrogen-bond acceptors (Lipinski definition) is 4. The molecule has 130 valence electrons. The van der Waals surface area contributed by atoms with E-state index in [0.29, 0.717) is 12.1 Å². The Morgan fingerprint density at radius 2 is 2.04 bits per heavy atom. The largest absolute Gasteiger partial charge is 0.325 e. The van der Waals surface area contributed by atoms with Crippen molar-refractivity contribution in [2.45, 2.75) is 44.7 Å². The first-order chi connectivity index (χ1) is 12.1. The molecule has 2 aliphatic rings. The van der Waals surface area contributed by atoms with Crippen molar-refractivity contribution in [2.75, 3.05) is 0 Å². The third kappa shape index (κ3) is 2.59. The van der Waals surface area contributed by atoms with Crippen molar-refractivity contribution >= 4 is 11.9 Å². The Morgan fingerprint density at radius 1 is 1.24 bits per heavy atom. The van der Waals surface area contributed by atoms with Crippen molar-refractivity contribution in [3.63, 3.8) is 0 Å². The number of hydrogen-bond donors (Lipinski definition) is 1. The maximum absolute atomic E-state index is 13.0. The fraction of sp³-hybridized carbons (Fsp3) is 0.444. The van der Waals surface area contributed by atoms with Gasteiger partial charge in [-0.15, -0.1) is 0 Å². The zero-order valence-electron chi connectivity index (χ0n) is 14.2. The molecule has 1 saturated carbocycles. The Kier molecular flexibility index (Phi) is 3.78. The molecule has 1 spiro atoms. The van der Waals surface area contributed by atoms with Crippen LogP contribution in [0.5, 0.6) is 0 Å². The molecule has 7 nitrogen and oxygen atoms in total. The standard InChI is InChI=1S/C18H21N5O2/c1-13-7-5-6-10-18(13)16(24)22(17(25)20-18)12-14-11-19-23(21-14)15-8-3-2-4-9-15/h2-4,8-9,11,13H,5-7,10,12H2,1H3,(H,20,25). The number of carbonyl (C=O) groups is 2. The van der Waals surface area contributed by atoms with Crippen LogP contribution in [0.1, 0.15) is 38.3 Å². The highest BCUT2D eigenvalue weighted by molar-refractivity contribution is 6.07. The smallest absolute Gasteiger partial charge is 0.323 e. The van der Waals surface area contributed by atoms with Gasteiger partial charge in [0.2, 0.25) is 0 Å². The van der Waals surface area contributed by atoms with E-state index < -0.39 is 5.54 Å². The number of nitrogens with zero attached hydrogens (tertiary/aromatic N) is 4. The second-order valence-corrected chi connectivity index (χ2v) is 6.90. The van der Waals surface area contributed by atoms with Crippen molar-refractivity contribution in [1.29, 1.82) is 0 Å². The lowest BCUT2D eigenvalue weighted by atomic mass is 9.73. The van der Waals surface area contributed by atoms with Gasteiger partial charge in [0, 0.05) is 0 Å². The minimum atomic E-state index is -0.731. The van der Waals surface area contributed by atoms with Gasteiger partial charge in [0.15, 0.2) is 0 Å². The third-order valence-electron chi connectivity index (χ3n) is 5.35. The van der Waals surface area contributed by atoms with Crippen LogP contribution >= 0.6 is 0 Å². The normalized spacial score (nSPS) is 26.3. The molecule has 2 fully saturated rings. The number of benzene rings is 1. The molecular weight excluding hydrogens is 318 g/mol. The topological polar surface area (TPSA) is 80.1 Å². The Labute approximate surface area is 146 Å². The molecule has 7 heteroatoms. The lowest BCUT2D eigenvalue weighted by molar-refractivity contribution is -0.134. The zero-order valence-corrected chi connectivity index (χ0v) is 14.2. The molecule has 0 radical (unpaired) electrons. The minimum absolute atomic E-state index is 0.126. The number of imide groups is 1. The van der Waals surface area contributed by atoms with E-state index in [-0.39, 0.29) is 24.4 Å². The van der Waals surface area contributed by atoms with Gasteiger partial charge < -0.3 is 5.32 Å². The van der Waals surface area contributed by atoms with Crippen molar-refractivity contribution in [2.24, 2.45) is 5.92 Å². The molecule has 3 amide bonds. The van der Waals surface area contributed by atoms with E-state index in [2.05, 4.69) is 15.5 Å². The van der Waals surface area contributed by atoms with Crippen LogP contribution in [-0.2, 0) is 11.3 Å². The van der Waals surface area contributed by atoms with E-state index in [9.17, 15) is 9.59 Å². The highest BCUT2D eigenvalue weighted by atomic mass is 16.2. The van der Waals surface area contributed by atoms with Gasteiger partial charge in [-0.3, -0.25) is 9.69 Å². The molecule has 1 saturated heterocycles. The van der Waals surface area contributed by atoms with Gasteiger partial charge in [0.25, 0.3) is 5.91 Å². The van der Waals surface area contributed by atoms with Crippen LogP contribution in [0.3, 0.4) is 0 Å². The monoisotopic (exact) mass is 339 g/mol. The molecule has 1 aliphatic heterocycles. The highest BCUT2D eigenvalue weighted by Crippen LogP contribution is 2.38. The van der Waals surface area contributed by atoms with Gasteiger partial charge in [-0.05, 0) is 30.9 Å². The number of amides is 3. The van der Waals surface area contributed by atoms with Gasteiger partial charge in [-0.25, -0.2) is 4.79 Å². The summed E-state index contributed by atoms with van der Waals surface area (Å²) in [4.78, 5) is 28.2. The first kappa shape index (κ1) is 15.8. The predicted molar refractivity (Wildman–Crippen MR) is 90.8 cm³/mol. The Balaban J connectivity index is 1.54. The summed E-state index contributed by atoms with van der Waals surface area (Å²) >= 11 is 0. The molecule has 1 aromatic carbocycles. The summed E-state index contributed by atoms with van der Waals surface area (Å²) in [5.74, 6) is 0.0293. The number of nitrogens with one attached hydrogen (secondary N) is 1. The van der Waals surface area contributed by atoms with E-state index >= 15 is 0 Å². The van der Waals surface area contributed by atoms with Crippen molar-refractivity contribution in [1.82, 2.24) is 25.2 Å². The molecule has 1 aliphatic carbocycles. The maximum Gasteiger partial charge on any atom is 0.325 e. The summed E-state index contributed by atoms with van der Waals surface area (Å²) < 4.78 is 0. The van der Waals surface area contributed by atoms with E-state index in [4.69, 9.17) is 0 Å².